The minimum absolute atomic E-state index is 0.255. The predicted octanol–water partition coefficient (Wildman–Crippen LogP) is 5.72. The number of ether oxygens (including phenoxy) is 1. The molecule has 2 nitrogen and oxygen atoms in total. The SMILES string of the molecule is CCCOc1ccc(C(C)Nc2ccc(Br)c(C)c2)cc1. The van der Waals surface area contributed by atoms with Gasteiger partial charge in [-0.3, -0.25) is 0 Å². The molecular weight excluding hydrogens is 326 g/mol. The Kier molecular flexibility index (Phi) is 5.68. The summed E-state index contributed by atoms with van der Waals surface area (Å²) in [6.07, 6.45) is 1.03. The highest BCUT2D eigenvalue weighted by Crippen LogP contribution is 2.25. The van der Waals surface area contributed by atoms with Gasteiger partial charge >= 0.3 is 0 Å². The fraction of sp³-hybridized carbons (Fsp3) is 0.333. The third kappa shape index (κ3) is 4.50. The summed E-state index contributed by atoms with van der Waals surface area (Å²) >= 11 is 3.53. The number of anilines is 1. The van der Waals surface area contributed by atoms with Crippen LogP contribution in [0.3, 0.4) is 0 Å². The number of benzene rings is 2. The summed E-state index contributed by atoms with van der Waals surface area (Å²) in [5.41, 5.74) is 3.62. The Bertz CT molecular complexity index is 580. The predicted molar refractivity (Wildman–Crippen MR) is 93.1 cm³/mol. The lowest BCUT2D eigenvalue weighted by atomic mass is 10.1. The zero-order chi connectivity index (χ0) is 15.2. The van der Waals surface area contributed by atoms with Crippen LogP contribution in [0.15, 0.2) is 46.9 Å². The largest absolute Gasteiger partial charge is 0.494 e. The summed E-state index contributed by atoms with van der Waals surface area (Å²) in [5.74, 6) is 0.937. The van der Waals surface area contributed by atoms with Gasteiger partial charge in [0.05, 0.1) is 6.61 Å². The number of hydrogen-bond acceptors (Lipinski definition) is 2. The molecule has 3 heteroatoms. The number of rotatable bonds is 6. The molecule has 0 saturated carbocycles. The summed E-state index contributed by atoms with van der Waals surface area (Å²) in [5, 5.41) is 3.53. The van der Waals surface area contributed by atoms with Crippen molar-refractivity contribution in [1.82, 2.24) is 0 Å². The molecular formula is C18H22BrNO. The molecule has 1 N–H and O–H groups in total. The molecule has 2 aromatic carbocycles. The van der Waals surface area contributed by atoms with Crippen molar-refractivity contribution in [2.75, 3.05) is 11.9 Å². The van der Waals surface area contributed by atoms with E-state index in [1.54, 1.807) is 0 Å². The lowest BCUT2D eigenvalue weighted by Gasteiger charge is -2.17. The van der Waals surface area contributed by atoms with E-state index in [0.29, 0.717) is 0 Å². The van der Waals surface area contributed by atoms with Crippen LogP contribution in [0.4, 0.5) is 5.69 Å². The Labute approximate surface area is 135 Å². The Balaban J connectivity index is 2.02. The minimum atomic E-state index is 0.255. The van der Waals surface area contributed by atoms with Crippen LogP contribution in [0.2, 0.25) is 0 Å². The Morgan fingerprint density at radius 3 is 2.48 bits per heavy atom. The molecule has 0 fully saturated rings. The first-order valence-electron chi connectivity index (χ1n) is 7.35. The first kappa shape index (κ1) is 15.9. The van der Waals surface area contributed by atoms with E-state index < -0.39 is 0 Å². The van der Waals surface area contributed by atoms with E-state index in [9.17, 15) is 0 Å². The molecule has 0 spiro atoms. The lowest BCUT2D eigenvalue weighted by molar-refractivity contribution is 0.317. The number of aryl methyl sites for hydroxylation is 1. The minimum Gasteiger partial charge on any atom is -0.494 e. The van der Waals surface area contributed by atoms with Crippen LogP contribution in [0, 0.1) is 6.92 Å². The number of halogens is 1. The van der Waals surface area contributed by atoms with Crippen LogP contribution >= 0.6 is 15.9 Å². The zero-order valence-corrected chi connectivity index (χ0v) is 14.4. The molecule has 0 aliphatic rings. The fourth-order valence-corrected chi connectivity index (χ4v) is 2.39. The second-order valence-corrected chi connectivity index (χ2v) is 6.10. The summed E-state index contributed by atoms with van der Waals surface area (Å²) in [6.45, 7) is 7.14. The van der Waals surface area contributed by atoms with Gasteiger partial charge in [-0.05, 0) is 61.7 Å². The molecule has 0 aliphatic heterocycles. The normalized spacial score (nSPS) is 12.0. The van der Waals surface area contributed by atoms with Gasteiger partial charge in [-0.15, -0.1) is 0 Å². The van der Waals surface area contributed by atoms with Crippen molar-refractivity contribution < 1.29 is 4.74 Å². The molecule has 0 heterocycles. The third-order valence-corrected chi connectivity index (χ3v) is 4.28. The van der Waals surface area contributed by atoms with Crippen LogP contribution in [0.25, 0.3) is 0 Å². The van der Waals surface area contributed by atoms with E-state index in [1.807, 2.05) is 12.1 Å². The fourth-order valence-electron chi connectivity index (χ4n) is 2.14. The second-order valence-electron chi connectivity index (χ2n) is 5.25. The molecule has 112 valence electrons. The van der Waals surface area contributed by atoms with Crippen molar-refractivity contribution in [2.24, 2.45) is 0 Å². The second kappa shape index (κ2) is 7.51. The maximum Gasteiger partial charge on any atom is 0.119 e. The van der Waals surface area contributed by atoms with Crippen LogP contribution in [-0.2, 0) is 0 Å². The Morgan fingerprint density at radius 2 is 1.86 bits per heavy atom. The van der Waals surface area contributed by atoms with E-state index in [-0.39, 0.29) is 6.04 Å². The van der Waals surface area contributed by atoms with Crippen molar-refractivity contribution in [1.29, 1.82) is 0 Å². The van der Waals surface area contributed by atoms with Gasteiger partial charge in [0.2, 0.25) is 0 Å². The Morgan fingerprint density at radius 1 is 1.14 bits per heavy atom. The van der Waals surface area contributed by atoms with E-state index in [1.165, 1.54) is 11.1 Å². The van der Waals surface area contributed by atoms with E-state index in [4.69, 9.17) is 4.74 Å². The topological polar surface area (TPSA) is 21.3 Å². The van der Waals surface area contributed by atoms with Crippen molar-refractivity contribution in [3.05, 3.63) is 58.1 Å². The van der Waals surface area contributed by atoms with Crippen LogP contribution in [-0.4, -0.2) is 6.61 Å². The summed E-state index contributed by atoms with van der Waals surface area (Å²) < 4.78 is 6.75. The van der Waals surface area contributed by atoms with E-state index in [0.717, 1.165) is 28.9 Å². The van der Waals surface area contributed by atoms with Crippen molar-refractivity contribution >= 4 is 21.6 Å². The van der Waals surface area contributed by atoms with Crippen LogP contribution < -0.4 is 10.1 Å². The van der Waals surface area contributed by atoms with Gasteiger partial charge in [0.25, 0.3) is 0 Å². The molecule has 0 amide bonds. The quantitative estimate of drug-likeness (QED) is 0.721. The van der Waals surface area contributed by atoms with Crippen molar-refractivity contribution in [3.8, 4) is 5.75 Å². The molecule has 1 atom stereocenters. The van der Waals surface area contributed by atoms with E-state index in [2.05, 4.69) is 72.3 Å². The number of hydrogen-bond donors (Lipinski definition) is 1. The van der Waals surface area contributed by atoms with Gasteiger partial charge in [0.1, 0.15) is 5.75 Å². The molecule has 0 aliphatic carbocycles. The van der Waals surface area contributed by atoms with Crippen LogP contribution in [0.1, 0.15) is 37.4 Å². The van der Waals surface area contributed by atoms with Gasteiger partial charge in [-0.2, -0.15) is 0 Å². The molecule has 2 rings (SSSR count). The van der Waals surface area contributed by atoms with Crippen molar-refractivity contribution in [2.45, 2.75) is 33.2 Å². The summed E-state index contributed by atoms with van der Waals surface area (Å²) in [4.78, 5) is 0. The maximum atomic E-state index is 5.61. The standard InChI is InChI=1S/C18H22BrNO/c1-4-11-21-17-8-5-15(6-9-17)14(3)20-16-7-10-18(19)13(2)12-16/h5-10,12,14,20H,4,11H2,1-3H3. The Hall–Kier alpha value is -1.48. The molecule has 0 bridgehead atoms. The smallest absolute Gasteiger partial charge is 0.119 e. The molecule has 2 aromatic rings. The molecule has 0 saturated heterocycles. The summed E-state index contributed by atoms with van der Waals surface area (Å²) in [7, 11) is 0. The molecule has 0 aromatic heterocycles. The highest BCUT2D eigenvalue weighted by atomic mass is 79.9. The third-order valence-electron chi connectivity index (χ3n) is 3.39. The van der Waals surface area contributed by atoms with Gasteiger partial charge < -0.3 is 10.1 Å². The zero-order valence-electron chi connectivity index (χ0n) is 12.8. The molecule has 21 heavy (non-hydrogen) atoms. The molecule has 1 unspecified atom stereocenters. The lowest BCUT2D eigenvalue weighted by Crippen LogP contribution is -2.06. The van der Waals surface area contributed by atoms with Gasteiger partial charge in [-0.1, -0.05) is 35.0 Å². The highest BCUT2D eigenvalue weighted by molar-refractivity contribution is 9.10. The summed E-state index contributed by atoms with van der Waals surface area (Å²) in [6, 6.07) is 14.9. The monoisotopic (exact) mass is 347 g/mol. The van der Waals surface area contributed by atoms with Crippen LogP contribution in [0.5, 0.6) is 5.75 Å². The first-order chi connectivity index (χ1) is 10.1. The first-order valence-corrected chi connectivity index (χ1v) is 8.15. The van der Waals surface area contributed by atoms with Gasteiger partial charge in [0, 0.05) is 16.2 Å². The maximum absolute atomic E-state index is 5.61. The number of nitrogens with one attached hydrogen (secondary N) is 1. The van der Waals surface area contributed by atoms with Crippen molar-refractivity contribution in [3.63, 3.8) is 0 Å². The van der Waals surface area contributed by atoms with E-state index >= 15 is 0 Å². The molecule has 0 radical (unpaired) electrons. The highest BCUT2D eigenvalue weighted by Gasteiger charge is 2.06. The van der Waals surface area contributed by atoms with Gasteiger partial charge in [0.15, 0.2) is 0 Å². The average Bonchev–Trinajstić information content (AvgIpc) is 2.49. The average molecular weight is 348 g/mol. The van der Waals surface area contributed by atoms with Gasteiger partial charge in [-0.25, -0.2) is 0 Å².